The first-order valence-electron chi connectivity index (χ1n) is 33.3. The molecule has 1 unspecified atom stereocenters. The van der Waals surface area contributed by atoms with Crippen LogP contribution in [0.15, 0.2) is 146 Å². The molecule has 0 amide bonds. The van der Waals surface area contributed by atoms with Gasteiger partial charge < -0.3 is 14.2 Å². The fourth-order valence-electron chi connectivity index (χ4n) is 8.89. The lowest BCUT2D eigenvalue weighted by atomic mass is 10.0. The molecule has 458 valence electrons. The Morgan fingerprint density at radius 3 is 0.802 bits per heavy atom. The molecule has 6 heteroatoms. The molecule has 0 heterocycles. The largest absolute Gasteiger partial charge is 0.462 e. The Balaban J connectivity index is 4.42. The molecule has 0 N–H and O–H groups in total. The number of rotatable bonds is 59. The van der Waals surface area contributed by atoms with E-state index in [4.69, 9.17) is 14.2 Å². The van der Waals surface area contributed by atoms with E-state index in [0.29, 0.717) is 19.3 Å². The summed E-state index contributed by atoms with van der Waals surface area (Å²) in [7, 11) is 0. The second-order valence-corrected chi connectivity index (χ2v) is 21.6. The summed E-state index contributed by atoms with van der Waals surface area (Å²) < 4.78 is 16.9. The van der Waals surface area contributed by atoms with Crippen LogP contribution in [0.1, 0.15) is 290 Å². The highest BCUT2D eigenvalue weighted by Crippen LogP contribution is 2.16. The summed E-state index contributed by atoms with van der Waals surface area (Å²) in [4.78, 5) is 38.4. The zero-order valence-electron chi connectivity index (χ0n) is 52.5. The van der Waals surface area contributed by atoms with E-state index in [2.05, 4.69) is 167 Å². The van der Waals surface area contributed by atoms with Crippen LogP contribution in [-0.2, 0) is 28.6 Å². The minimum absolute atomic E-state index is 0.105. The normalized spacial score (nSPS) is 13.1. The fourth-order valence-corrected chi connectivity index (χ4v) is 8.89. The molecule has 0 saturated heterocycles. The van der Waals surface area contributed by atoms with Gasteiger partial charge in [0, 0.05) is 19.3 Å². The molecule has 0 aliphatic heterocycles. The van der Waals surface area contributed by atoms with Gasteiger partial charge in [-0.3, -0.25) is 14.4 Å². The standard InChI is InChI=1S/C75H122O6/c1-4-7-10-13-16-19-22-25-28-31-33-34-35-36-37-38-39-40-42-44-47-50-53-56-59-62-65-68-74(77)80-71-72(70-79-73(76)67-64-61-58-55-52-49-46-43-30-27-24-21-18-15-12-9-6-3)81-75(78)69-66-63-60-57-54-51-48-45-41-32-29-26-23-20-17-14-11-8-5-2/h7,9-10,12,16-21,25-30,33-34,41,45-46,49,55,58,72H,4-6,8,11,13-15,22-24,31-32,35-40,42-44,47-48,50-54,56-57,59-71H2,1-3H3/b10-7-,12-9-,19-16-,20-17-,21-18-,28-25-,29-26-,30-27-,34-33-,45-41-,49-46-,58-55-. The molecule has 0 aromatic rings. The maximum absolute atomic E-state index is 12.9. The summed E-state index contributed by atoms with van der Waals surface area (Å²) in [5.41, 5.74) is 0. The Hall–Kier alpha value is -4.71. The zero-order valence-corrected chi connectivity index (χ0v) is 52.5. The fraction of sp³-hybridized carbons (Fsp3) is 0.640. The van der Waals surface area contributed by atoms with Gasteiger partial charge in [-0.25, -0.2) is 0 Å². The molecule has 0 bridgehead atoms. The minimum Gasteiger partial charge on any atom is -0.462 e. The molecule has 0 aromatic carbocycles. The molecule has 0 aliphatic rings. The number of hydrogen-bond acceptors (Lipinski definition) is 6. The van der Waals surface area contributed by atoms with Crippen molar-refractivity contribution >= 4 is 17.9 Å². The van der Waals surface area contributed by atoms with Gasteiger partial charge in [0.2, 0.25) is 0 Å². The van der Waals surface area contributed by atoms with Crippen LogP contribution < -0.4 is 0 Å². The van der Waals surface area contributed by atoms with Gasteiger partial charge in [-0.1, -0.05) is 282 Å². The van der Waals surface area contributed by atoms with Crippen molar-refractivity contribution in [3.05, 3.63) is 146 Å². The van der Waals surface area contributed by atoms with Gasteiger partial charge in [0.05, 0.1) is 0 Å². The van der Waals surface area contributed by atoms with Gasteiger partial charge in [-0.2, -0.15) is 0 Å². The molecule has 0 aromatic heterocycles. The predicted octanol–water partition coefficient (Wildman–Crippen LogP) is 23.1. The van der Waals surface area contributed by atoms with Gasteiger partial charge in [0.25, 0.3) is 0 Å². The van der Waals surface area contributed by atoms with Crippen molar-refractivity contribution < 1.29 is 28.6 Å². The molecule has 0 rings (SSSR count). The highest BCUT2D eigenvalue weighted by molar-refractivity contribution is 5.71. The highest BCUT2D eigenvalue weighted by Gasteiger charge is 2.19. The van der Waals surface area contributed by atoms with Crippen molar-refractivity contribution in [3.8, 4) is 0 Å². The van der Waals surface area contributed by atoms with Crippen molar-refractivity contribution in [1.29, 1.82) is 0 Å². The summed E-state index contributed by atoms with van der Waals surface area (Å²) in [6.07, 6.45) is 97.2. The molecule has 0 fully saturated rings. The first-order chi connectivity index (χ1) is 40.0. The first-order valence-corrected chi connectivity index (χ1v) is 33.3. The smallest absolute Gasteiger partial charge is 0.306 e. The average Bonchev–Trinajstić information content (AvgIpc) is 3.47. The molecule has 0 spiro atoms. The molecule has 6 nitrogen and oxygen atoms in total. The first kappa shape index (κ1) is 76.3. The summed E-state index contributed by atoms with van der Waals surface area (Å²) in [6.45, 7) is 6.34. The second-order valence-electron chi connectivity index (χ2n) is 21.6. The van der Waals surface area contributed by atoms with Crippen LogP contribution in [-0.4, -0.2) is 37.2 Å². The van der Waals surface area contributed by atoms with Gasteiger partial charge in [-0.15, -0.1) is 0 Å². The van der Waals surface area contributed by atoms with Crippen molar-refractivity contribution in [1.82, 2.24) is 0 Å². The number of carbonyl (C=O) groups is 3. The Bertz CT molecular complexity index is 1760. The number of unbranched alkanes of at least 4 members (excludes halogenated alkanes) is 24. The number of ether oxygens (including phenoxy) is 3. The lowest BCUT2D eigenvalue weighted by Gasteiger charge is -2.18. The van der Waals surface area contributed by atoms with Crippen LogP contribution in [0.25, 0.3) is 0 Å². The quantitative estimate of drug-likeness (QED) is 0.0261. The second kappa shape index (κ2) is 67.8. The SMILES string of the molecule is CC/C=C\C/C=C\C/C=C\C/C=C\C/C=C\CCCC(=O)OCC(COC(=O)CCCCCCCCCCCCCCCC/C=C\C/C=C\C/C=C\C/C=C\CC)OC(=O)CCCCCCCC/C=C\C/C=C\C/C=C\CCCCC. The van der Waals surface area contributed by atoms with Crippen molar-refractivity contribution in [2.45, 2.75) is 297 Å². The molecular formula is C75H122O6. The topological polar surface area (TPSA) is 78.9 Å². The maximum atomic E-state index is 12.9. The Kier molecular flexibility index (Phi) is 63.9. The van der Waals surface area contributed by atoms with E-state index in [1.54, 1.807) is 0 Å². The molecule has 1 atom stereocenters. The van der Waals surface area contributed by atoms with Gasteiger partial charge >= 0.3 is 17.9 Å². The van der Waals surface area contributed by atoms with Gasteiger partial charge in [0.1, 0.15) is 13.2 Å². The summed E-state index contributed by atoms with van der Waals surface area (Å²) in [6, 6.07) is 0. The third-order valence-corrected chi connectivity index (χ3v) is 13.8. The minimum atomic E-state index is -0.816. The summed E-state index contributed by atoms with van der Waals surface area (Å²) in [5, 5.41) is 0. The maximum Gasteiger partial charge on any atom is 0.306 e. The lowest BCUT2D eigenvalue weighted by molar-refractivity contribution is -0.167. The third kappa shape index (κ3) is 66.0. The van der Waals surface area contributed by atoms with Crippen LogP contribution in [0.4, 0.5) is 0 Å². The van der Waals surface area contributed by atoms with Crippen molar-refractivity contribution in [2.75, 3.05) is 13.2 Å². The van der Waals surface area contributed by atoms with Crippen LogP contribution >= 0.6 is 0 Å². The third-order valence-electron chi connectivity index (χ3n) is 13.8. The van der Waals surface area contributed by atoms with Crippen LogP contribution in [0, 0.1) is 0 Å². The Labute approximate surface area is 499 Å². The van der Waals surface area contributed by atoms with E-state index in [-0.39, 0.29) is 37.5 Å². The zero-order chi connectivity index (χ0) is 58.5. The van der Waals surface area contributed by atoms with E-state index in [0.717, 1.165) is 128 Å². The van der Waals surface area contributed by atoms with Gasteiger partial charge in [0.15, 0.2) is 6.10 Å². The number of allylic oxidation sites excluding steroid dienone is 24. The highest BCUT2D eigenvalue weighted by atomic mass is 16.6. The Morgan fingerprint density at radius 1 is 0.259 bits per heavy atom. The van der Waals surface area contributed by atoms with E-state index < -0.39 is 6.10 Å². The van der Waals surface area contributed by atoms with E-state index in [1.165, 1.54) is 116 Å². The molecule has 81 heavy (non-hydrogen) atoms. The van der Waals surface area contributed by atoms with E-state index >= 15 is 0 Å². The Morgan fingerprint density at radius 2 is 0.494 bits per heavy atom. The molecule has 0 saturated carbocycles. The van der Waals surface area contributed by atoms with Crippen LogP contribution in [0.3, 0.4) is 0 Å². The summed E-state index contributed by atoms with van der Waals surface area (Å²) >= 11 is 0. The monoisotopic (exact) mass is 1120 g/mol. The van der Waals surface area contributed by atoms with Crippen LogP contribution in [0.2, 0.25) is 0 Å². The van der Waals surface area contributed by atoms with Gasteiger partial charge in [-0.05, 0) is 135 Å². The van der Waals surface area contributed by atoms with Crippen molar-refractivity contribution in [2.24, 2.45) is 0 Å². The van der Waals surface area contributed by atoms with Crippen LogP contribution in [0.5, 0.6) is 0 Å². The number of carbonyl (C=O) groups excluding carboxylic acids is 3. The van der Waals surface area contributed by atoms with E-state index in [9.17, 15) is 14.4 Å². The lowest BCUT2D eigenvalue weighted by Crippen LogP contribution is -2.30. The summed E-state index contributed by atoms with van der Waals surface area (Å²) in [5.74, 6) is -0.976. The number of esters is 3. The average molecular weight is 1120 g/mol. The predicted molar refractivity (Wildman–Crippen MR) is 352 cm³/mol. The van der Waals surface area contributed by atoms with Crippen molar-refractivity contribution in [3.63, 3.8) is 0 Å². The molecule has 0 aliphatic carbocycles. The number of hydrogen-bond donors (Lipinski definition) is 0. The molecule has 0 radical (unpaired) electrons. The molecular weight excluding hydrogens is 997 g/mol. The van der Waals surface area contributed by atoms with E-state index in [1.807, 2.05) is 0 Å².